The summed E-state index contributed by atoms with van der Waals surface area (Å²) in [6.07, 6.45) is 0.640. The van der Waals surface area contributed by atoms with E-state index in [1.54, 1.807) is 48.5 Å². The molecule has 0 aliphatic carbocycles. The Labute approximate surface area is 123 Å². The van der Waals surface area contributed by atoms with Crippen LogP contribution in [0.3, 0.4) is 0 Å². The highest BCUT2D eigenvalue weighted by molar-refractivity contribution is 6.30. The van der Waals surface area contributed by atoms with Crippen molar-refractivity contribution in [1.29, 1.82) is 0 Å². The fourth-order valence-corrected chi connectivity index (χ4v) is 1.73. The Hall–Kier alpha value is -2.00. The minimum Gasteiger partial charge on any atom is -0.493 e. The zero-order valence-corrected chi connectivity index (χ0v) is 11.7. The maximum Gasteiger partial charge on any atom is 0.338 e. The highest BCUT2D eigenvalue weighted by atomic mass is 35.5. The molecule has 0 unspecified atom stereocenters. The SMILES string of the molecule is O=C(OCCCOc1ccc(Cl)cc1)c1ccccc1. The van der Waals surface area contributed by atoms with Gasteiger partial charge in [0, 0.05) is 11.4 Å². The minimum absolute atomic E-state index is 0.308. The van der Waals surface area contributed by atoms with Gasteiger partial charge in [0.05, 0.1) is 18.8 Å². The van der Waals surface area contributed by atoms with Gasteiger partial charge in [0.2, 0.25) is 0 Å². The van der Waals surface area contributed by atoms with Crippen LogP contribution in [0.2, 0.25) is 5.02 Å². The molecule has 0 aromatic heterocycles. The lowest BCUT2D eigenvalue weighted by atomic mass is 10.2. The number of esters is 1. The first-order valence-corrected chi connectivity index (χ1v) is 6.74. The predicted molar refractivity (Wildman–Crippen MR) is 78.3 cm³/mol. The summed E-state index contributed by atoms with van der Waals surface area (Å²) in [6.45, 7) is 0.824. The van der Waals surface area contributed by atoms with Crippen molar-refractivity contribution in [3.8, 4) is 5.75 Å². The molecule has 0 amide bonds. The number of benzene rings is 2. The second kappa shape index (κ2) is 7.56. The molecule has 104 valence electrons. The van der Waals surface area contributed by atoms with E-state index >= 15 is 0 Å². The molecule has 0 atom stereocenters. The average Bonchev–Trinajstić information content (AvgIpc) is 2.49. The molecule has 0 spiro atoms. The van der Waals surface area contributed by atoms with Crippen LogP contribution in [0.25, 0.3) is 0 Å². The van der Waals surface area contributed by atoms with Gasteiger partial charge in [-0.2, -0.15) is 0 Å². The molecule has 0 saturated carbocycles. The Bertz CT molecular complexity index is 537. The summed E-state index contributed by atoms with van der Waals surface area (Å²) in [6, 6.07) is 16.1. The second-order valence-electron chi connectivity index (χ2n) is 4.16. The first-order chi connectivity index (χ1) is 9.75. The van der Waals surface area contributed by atoms with E-state index in [4.69, 9.17) is 21.1 Å². The van der Waals surface area contributed by atoms with E-state index in [0.29, 0.717) is 30.2 Å². The molecule has 0 N–H and O–H groups in total. The smallest absolute Gasteiger partial charge is 0.338 e. The number of carbonyl (C=O) groups is 1. The van der Waals surface area contributed by atoms with Crippen LogP contribution >= 0.6 is 11.6 Å². The number of hydrogen-bond acceptors (Lipinski definition) is 3. The van der Waals surface area contributed by atoms with Crippen LogP contribution < -0.4 is 4.74 Å². The molecule has 0 radical (unpaired) electrons. The van der Waals surface area contributed by atoms with E-state index in [2.05, 4.69) is 0 Å². The van der Waals surface area contributed by atoms with E-state index < -0.39 is 0 Å². The third-order valence-corrected chi connectivity index (χ3v) is 2.87. The molecule has 0 heterocycles. The van der Waals surface area contributed by atoms with E-state index in [-0.39, 0.29) is 5.97 Å². The molecule has 2 aromatic rings. The second-order valence-corrected chi connectivity index (χ2v) is 4.59. The Morgan fingerprint density at radius 1 is 0.950 bits per heavy atom. The largest absolute Gasteiger partial charge is 0.493 e. The number of hydrogen-bond donors (Lipinski definition) is 0. The van der Waals surface area contributed by atoms with Crippen LogP contribution in [-0.4, -0.2) is 19.2 Å². The molecule has 0 aliphatic rings. The van der Waals surface area contributed by atoms with Gasteiger partial charge >= 0.3 is 5.97 Å². The van der Waals surface area contributed by atoms with Gasteiger partial charge < -0.3 is 9.47 Å². The lowest BCUT2D eigenvalue weighted by Gasteiger charge is -2.07. The van der Waals surface area contributed by atoms with Gasteiger partial charge in [0.1, 0.15) is 5.75 Å². The predicted octanol–water partition coefficient (Wildman–Crippen LogP) is 3.97. The standard InChI is InChI=1S/C16H15ClO3/c17-14-7-9-15(10-8-14)19-11-4-12-20-16(18)13-5-2-1-3-6-13/h1-3,5-10H,4,11-12H2. The molecular formula is C16H15ClO3. The molecule has 20 heavy (non-hydrogen) atoms. The van der Waals surface area contributed by atoms with Gasteiger partial charge in [-0.05, 0) is 36.4 Å². The number of halogens is 1. The first kappa shape index (κ1) is 14.4. The van der Waals surface area contributed by atoms with E-state index in [1.807, 2.05) is 6.07 Å². The van der Waals surface area contributed by atoms with Crippen LogP contribution in [0.1, 0.15) is 16.8 Å². The van der Waals surface area contributed by atoms with Crippen molar-refractivity contribution in [2.45, 2.75) is 6.42 Å². The number of ether oxygens (including phenoxy) is 2. The average molecular weight is 291 g/mol. The van der Waals surface area contributed by atoms with E-state index in [1.165, 1.54) is 0 Å². The van der Waals surface area contributed by atoms with E-state index in [9.17, 15) is 4.79 Å². The topological polar surface area (TPSA) is 35.5 Å². The Morgan fingerprint density at radius 3 is 2.35 bits per heavy atom. The van der Waals surface area contributed by atoms with Gasteiger partial charge in [0.15, 0.2) is 0 Å². The molecule has 0 saturated heterocycles. The fraction of sp³-hybridized carbons (Fsp3) is 0.188. The van der Waals surface area contributed by atoms with Crippen LogP contribution in [0.5, 0.6) is 5.75 Å². The maximum absolute atomic E-state index is 11.6. The summed E-state index contributed by atoms with van der Waals surface area (Å²) < 4.78 is 10.6. The molecule has 4 heteroatoms. The van der Waals surface area contributed by atoms with Crippen molar-refractivity contribution < 1.29 is 14.3 Å². The first-order valence-electron chi connectivity index (χ1n) is 6.36. The minimum atomic E-state index is -0.308. The molecule has 3 nitrogen and oxygen atoms in total. The van der Waals surface area contributed by atoms with Crippen molar-refractivity contribution in [1.82, 2.24) is 0 Å². The summed E-state index contributed by atoms with van der Waals surface area (Å²) in [7, 11) is 0. The normalized spacial score (nSPS) is 10.1. The number of carbonyl (C=O) groups excluding carboxylic acids is 1. The fourth-order valence-electron chi connectivity index (χ4n) is 1.60. The summed E-state index contributed by atoms with van der Waals surface area (Å²) in [5.41, 5.74) is 0.561. The highest BCUT2D eigenvalue weighted by Crippen LogP contribution is 2.15. The molecule has 2 aromatic carbocycles. The monoisotopic (exact) mass is 290 g/mol. The molecule has 0 bridgehead atoms. The Kier molecular flexibility index (Phi) is 5.44. The third kappa shape index (κ3) is 4.59. The van der Waals surface area contributed by atoms with E-state index in [0.717, 1.165) is 5.75 Å². The lowest BCUT2D eigenvalue weighted by molar-refractivity contribution is 0.0486. The van der Waals surface area contributed by atoms with Crippen LogP contribution in [-0.2, 0) is 4.74 Å². The van der Waals surface area contributed by atoms with Crippen LogP contribution in [0.4, 0.5) is 0 Å². The van der Waals surface area contributed by atoms with Crippen molar-refractivity contribution in [2.24, 2.45) is 0 Å². The van der Waals surface area contributed by atoms with Gasteiger partial charge in [0.25, 0.3) is 0 Å². The summed E-state index contributed by atoms with van der Waals surface area (Å²) in [5, 5.41) is 0.675. The zero-order valence-electron chi connectivity index (χ0n) is 10.9. The molecule has 2 rings (SSSR count). The highest BCUT2D eigenvalue weighted by Gasteiger charge is 2.05. The maximum atomic E-state index is 11.6. The molecular weight excluding hydrogens is 276 g/mol. The van der Waals surface area contributed by atoms with Gasteiger partial charge in [-0.1, -0.05) is 29.8 Å². The van der Waals surface area contributed by atoms with Crippen molar-refractivity contribution in [2.75, 3.05) is 13.2 Å². The third-order valence-electron chi connectivity index (χ3n) is 2.61. The molecule has 0 aliphatic heterocycles. The van der Waals surface area contributed by atoms with Crippen LogP contribution in [0.15, 0.2) is 54.6 Å². The summed E-state index contributed by atoms with van der Waals surface area (Å²) >= 11 is 5.78. The van der Waals surface area contributed by atoms with Gasteiger partial charge in [-0.15, -0.1) is 0 Å². The van der Waals surface area contributed by atoms with Gasteiger partial charge in [-0.25, -0.2) is 4.79 Å². The number of rotatable bonds is 6. The van der Waals surface area contributed by atoms with Crippen molar-refractivity contribution in [3.63, 3.8) is 0 Å². The van der Waals surface area contributed by atoms with Crippen molar-refractivity contribution >= 4 is 17.6 Å². The Morgan fingerprint density at radius 2 is 1.65 bits per heavy atom. The summed E-state index contributed by atoms with van der Waals surface area (Å²) in [5.74, 6) is 0.445. The Balaban J connectivity index is 1.64. The zero-order chi connectivity index (χ0) is 14.2. The molecule has 0 fully saturated rings. The lowest BCUT2D eigenvalue weighted by Crippen LogP contribution is -2.09. The van der Waals surface area contributed by atoms with Crippen molar-refractivity contribution in [3.05, 3.63) is 65.2 Å². The van der Waals surface area contributed by atoms with Gasteiger partial charge in [-0.3, -0.25) is 0 Å². The van der Waals surface area contributed by atoms with Crippen LogP contribution in [0, 0.1) is 0 Å². The quantitative estimate of drug-likeness (QED) is 0.596. The summed E-state index contributed by atoms with van der Waals surface area (Å²) in [4.78, 5) is 11.6.